The van der Waals surface area contributed by atoms with Gasteiger partial charge in [0, 0.05) is 18.5 Å². The van der Waals surface area contributed by atoms with Gasteiger partial charge in [0.25, 0.3) is 0 Å². The fourth-order valence-electron chi connectivity index (χ4n) is 1.76. The van der Waals surface area contributed by atoms with Crippen molar-refractivity contribution in [1.29, 1.82) is 0 Å². The Morgan fingerprint density at radius 2 is 2.18 bits per heavy atom. The number of benzene rings is 1. The highest BCUT2D eigenvalue weighted by Gasteiger charge is 2.10. The number of nitrogens with zero attached hydrogens (tertiary/aromatic N) is 2. The highest BCUT2D eigenvalue weighted by molar-refractivity contribution is 5.78. The van der Waals surface area contributed by atoms with Crippen LogP contribution in [-0.2, 0) is 0 Å². The molecule has 0 radical (unpaired) electrons. The van der Waals surface area contributed by atoms with Gasteiger partial charge in [0.1, 0.15) is 12.3 Å². The summed E-state index contributed by atoms with van der Waals surface area (Å²) in [7, 11) is 0. The number of aliphatic imine (C=N–C) groups is 1. The molecule has 0 atom stereocenters. The summed E-state index contributed by atoms with van der Waals surface area (Å²) < 4.78 is 5.68. The third-order valence-electron chi connectivity index (χ3n) is 2.60. The normalized spacial score (nSPS) is 14.5. The molecule has 0 saturated heterocycles. The first-order valence-electron chi connectivity index (χ1n) is 5.31. The smallest absolute Gasteiger partial charge is 0.205 e. The molecule has 0 unspecified atom stereocenters. The third-order valence-corrected chi connectivity index (χ3v) is 2.60. The number of para-hydroxylation sites is 1. The zero-order valence-corrected chi connectivity index (χ0v) is 9.04. The number of fused-ring (bicyclic) bond motifs is 1. The van der Waals surface area contributed by atoms with Gasteiger partial charge < -0.3 is 4.42 Å². The molecule has 0 aliphatic carbocycles. The van der Waals surface area contributed by atoms with Crippen LogP contribution in [0.4, 0.5) is 5.88 Å². The predicted molar refractivity (Wildman–Crippen MR) is 67.5 cm³/mol. The topological polar surface area (TPSA) is 45.8 Å². The lowest BCUT2D eigenvalue weighted by Gasteiger charge is -2.18. The van der Waals surface area contributed by atoms with E-state index in [2.05, 4.69) is 4.99 Å². The average molecular weight is 226 g/mol. The second kappa shape index (κ2) is 3.90. The Balaban J connectivity index is 2.15. The number of rotatable bonds is 1. The molecule has 2 heterocycles. The largest absolute Gasteiger partial charge is 0.440 e. The summed E-state index contributed by atoms with van der Waals surface area (Å²) in [5, 5.41) is 0.598. The molecular weight excluding hydrogens is 216 g/mol. The number of allylic oxidation sites excluding steroid dienone is 1. The first-order valence-corrected chi connectivity index (χ1v) is 5.31. The quantitative estimate of drug-likeness (QED) is 0.748. The summed E-state index contributed by atoms with van der Waals surface area (Å²) >= 11 is 0. The van der Waals surface area contributed by atoms with Crippen LogP contribution >= 0.6 is 0 Å². The molecule has 1 aliphatic rings. The molecule has 1 aliphatic heterocycles. The van der Waals surface area contributed by atoms with Crippen LogP contribution in [-0.4, -0.2) is 12.9 Å². The summed E-state index contributed by atoms with van der Waals surface area (Å²) in [6, 6.07) is 8.71. The molecule has 4 heteroatoms. The fourth-order valence-corrected chi connectivity index (χ4v) is 1.76. The van der Waals surface area contributed by atoms with E-state index in [1.165, 1.54) is 6.07 Å². The third kappa shape index (κ3) is 1.73. The molecule has 0 bridgehead atoms. The highest BCUT2D eigenvalue weighted by Crippen LogP contribution is 2.19. The summed E-state index contributed by atoms with van der Waals surface area (Å²) in [5.74, 6) is 0.516. The van der Waals surface area contributed by atoms with Crippen LogP contribution in [0.3, 0.4) is 0 Å². The van der Waals surface area contributed by atoms with E-state index in [0.717, 1.165) is 0 Å². The fraction of sp³-hybridized carbons (Fsp3) is 0.0769. The van der Waals surface area contributed by atoms with Crippen molar-refractivity contribution in [1.82, 2.24) is 0 Å². The summed E-state index contributed by atoms with van der Waals surface area (Å²) in [6.45, 7) is 0.470. The van der Waals surface area contributed by atoms with Gasteiger partial charge in [-0.05, 0) is 18.2 Å². The lowest BCUT2D eigenvalue weighted by Crippen LogP contribution is -2.19. The van der Waals surface area contributed by atoms with Gasteiger partial charge >= 0.3 is 0 Å². The van der Waals surface area contributed by atoms with Crippen molar-refractivity contribution in [2.24, 2.45) is 4.99 Å². The average Bonchev–Trinajstić information content (AvgIpc) is 2.40. The molecule has 0 amide bonds. The predicted octanol–water partition coefficient (Wildman–Crippen LogP) is 2.16. The first kappa shape index (κ1) is 9.84. The molecule has 2 aromatic rings. The van der Waals surface area contributed by atoms with Crippen molar-refractivity contribution in [3.05, 3.63) is 52.8 Å². The van der Waals surface area contributed by atoms with Crippen LogP contribution in [0.5, 0.6) is 0 Å². The Bertz CT molecular complexity index is 670. The molecular formula is C13H10N2O2. The van der Waals surface area contributed by atoms with E-state index < -0.39 is 0 Å². The van der Waals surface area contributed by atoms with Gasteiger partial charge in [-0.2, -0.15) is 0 Å². The van der Waals surface area contributed by atoms with Gasteiger partial charge in [-0.15, -0.1) is 0 Å². The van der Waals surface area contributed by atoms with E-state index in [1.54, 1.807) is 29.3 Å². The van der Waals surface area contributed by atoms with Crippen LogP contribution in [0, 0.1) is 0 Å². The molecule has 0 fully saturated rings. The molecule has 1 aromatic heterocycles. The zero-order valence-electron chi connectivity index (χ0n) is 9.04. The lowest BCUT2D eigenvalue weighted by molar-refractivity contribution is 0.593. The number of hydrogen-bond acceptors (Lipinski definition) is 4. The van der Waals surface area contributed by atoms with Gasteiger partial charge in [-0.1, -0.05) is 12.1 Å². The SMILES string of the molecule is O=c1cc(N2C=CC=NC2)oc2ccccc12. The molecule has 0 spiro atoms. The summed E-state index contributed by atoms with van der Waals surface area (Å²) in [4.78, 5) is 17.8. The van der Waals surface area contributed by atoms with Gasteiger partial charge in [-0.25, -0.2) is 0 Å². The van der Waals surface area contributed by atoms with E-state index >= 15 is 0 Å². The van der Waals surface area contributed by atoms with Crippen LogP contribution < -0.4 is 10.3 Å². The second-order valence-electron chi connectivity index (χ2n) is 3.73. The summed E-state index contributed by atoms with van der Waals surface area (Å²) in [5.41, 5.74) is 0.558. The first-order chi connectivity index (χ1) is 8.34. The summed E-state index contributed by atoms with van der Waals surface area (Å²) in [6.07, 6.45) is 5.36. The van der Waals surface area contributed by atoms with Crippen LogP contribution in [0.15, 0.2) is 56.8 Å². The van der Waals surface area contributed by atoms with Crippen molar-refractivity contribution in [2.75, 3.05) is 11.6 Å². The Morgan fingerprint density at radius 3 is 3.00 bits per heavy atom. The van der Waals surface area contributed by atoms with Crippen molar-refractivity contribution < 1.29 is 4.42 Å². The van der Waals surface area contributed by atoms with Gasteiger partial charge in [0.05, 0.1) is 5.39 Å². The Kier molecular flexibility index (Phi) is 2.26. The Labute approximate surface area is 97.5 Å². The molecule has 84 valence electrons. The monoisotopic (exact) mass is 226 g/mol. The van der Waals surface area contributed by atoms with E-state index in [-0.39, 0.29) is 5.43 Å². The van der Waals surface area contributed by atoms with E-state index in [9.17, 15) is 4.79 Å². The molecule has 17 heavy (non-hydrogen) atoms. The van der Waals surface area contributed by atoms with Gasteiger partial charge in [0.15, 0.2) is 5.43 Å². The minimum atomic E-state index is -0.0372. The molecule has 4 nitrogen and oxygen atoms in total. The maximum Gasteiger partial charge on any atom is 0.205 e. The zero-order chi connectivity index (χ0) is 11.7. The Morgan fingerprint density at radius 1 is 1.29 bits per heavy atom. The van der Waals surface area contributed by atoms with E-state index in [1.807, 2.05) is 18.3 Å². The van der Waals surface area contributed by atoms with Crippen LogP contribution in [0.25, 0.3) is 11.0 Å². The van der Waals surface area contributed by atoms with Crippen molar-refractivity contribution in [3.8, 4) is 0 Å². The molecule has 0 saturated carbocycles. The Hall–Kier alpha value is -2.36. The van der Waals surface area contributed by atoms with Crippen molar-refractivity contribution in [2.45, 2.75) is 0 Å². The second-order valence-corrected chi connectivity index (χ2v) is 3.73. The highest BCUT2D eigenvalue weighted by atomic mass is 16.4. The minimum absolute atomic E-state index is 0.0372. The van der Waals surface area contributed by atoms with Gasteiger partial charge in [-0.3, -0.25) is 14.7 Å². The molecule has 3 rings (SSSR count). The lowest BCUT2D eigenvalue weighted by atomic mass is 10.2. The van der Waals surface area contributed by atoms with Crippen LogP contribution in [0.2, 0.25) is 0 Å². The standard InChI is InChI=1S/C13H10N2O2/c16-11-8-13(15-7-3-6-14-9-15)17-12-5-2-1-4-10(11)12/h1-8H,9H2. The molecule has 1 aromatic carbocycles. The number of anilines is 1. The maximum atomic E-state index is 11.9. The van der Waals surface area contributed by atoms with Crippen molar-refractivity contribution >= 4 is 23.1 Å². The minimum Gasteiger partial charge on any atom is -0.440 e. The van der Waals surface area contributed by atoms with Crippen LogP contribution in [0.1, 0.15) is 0 Å². The van der Waals surface area contributed by atoms with Crippen molar-refractivity contribution in [3.63, 3.8) is 0 Å². The number of hydrogen-bond donors (Lipinski definition) is 0. The molecule has 0 N–H and O–H groups in total. The van der Waals surface area contributed by atoms with E-state index in [4.69, 9.17) is 4.42 Å². The van der Waals surface area contributed by atoms with Gasteiger partial charge in [0.2, 0.25) is 5.88 Å². The van der Waals surface area contributed by atoms with E-state index in [0.29, 0.717) is 23.5 Å². The maximum absolute atomic E-state index is 11.9.